The summed E-state index contributed by atoms with van der Waals surface area (Å²) in [5, 5.41) is 4.20. The van der Waals surface area contributed by atoms with Crippen LogP contribution in [0.1, 0.15) is 23.0 Å². The number of nitrogens with zero attached hydrogens (tertiary/aromatic N) is 3. The fourth-order valence-corrected chi connectivity index (χ4v) is 3.25. The lowest BCUT2D eigenvalue weighted by Gasteiger charge is -2.25. The molecule has 0 aliphatic carbocycles. The molecule has 0 saturated carbocycles. The van der Waals surface area contributed by atoms with Gasteiger partial charge in [-0.05, 0) is 43.3 Å². The van der Waals surface area contributed by atoms with Gasteiger partial charge in [-0.3, -0.25) is 9.59 Å². The average Bonchev–Trinajstić information content (AvgIpc) is 2.78. The molecule has 2 heterocycles. The van der Waals surface area contributed by atoms with Crippen LogP contribution in [0.25, 0.3) is 5.69 Å². The molecule has 0 spiro atoms. The number of para-hydroxylation sites is 1. The van der Waals surface area contributed by atoms with Gasteiger partial charge in [-0.15, -0.1) is 0 Å². The van der Waals surface area contributed by atoms with Crippen molar-refractivity contribution in [2.45, 2.75) is 13.5 Å². The van der Waals surface area contributed by atoms with Crippen molar-refractivity contribution in [1.29, 1.82) is 0 Å². The smallest absolute Gasteiger partial charge is 0.274 e. The van der Waals surface area contributed by atoms with Crippen molar-refractivity contribution < 1.29 is 18.7 Å². The molecule has 8 heteroatoms. The van der Waals surface area contributed by atoms with Crippen LogP contribution in [0.5, 0.6) is 11.5 Å². The second kappa shape index (κ2) is 8.36. The Morgan fingerprint density at radius 3 is 2.63 bits per heavy atom. The Bertz CT molecular complexity index is 1130. The molecule has 0 radical (unpaired) electrons. The molecule has 0 N–H and O–H groups in total. The van der Waals surface area contributed by atoms with Crippen LogP contribution in [0.2, 0.25) is 0 Å². The third-order valence-corrected chi connectivity index (χ3v) is 4.77. The Morgan fingerprint density at radius 2 is 1.87 bits per heavy atom. The highest BCUT2D eigenvalue weighted by atomic mass is 19.1. The van der Waals surface area contributed by atoms with Crippen molar-refractivity contribution in [2.24, 2.45) is 0 Å². The molecule has 0 fully saturated rings. The SMILES string of the molecule is CCN(Cc1cccc2c1OCCO2)C(=O)c1ccc(=O)n(-c2ccc(F)cc2)n1. The van der Waals surface area contributed by atoms with E-state index in [0.29, 0.717) is 43.5 Å². The largest absolute Gasteiger partial charge is 0.486 e. The Hall–Kier alpha value is -3.68. The van der Waals surface area contributed by atoms with E-state index in [9.17, 15) is 14.0 Å². The number of carbonyl (C=O) groups excluding carboxylic acids is 1. The van der Waals surface area contributed by atoms with Gasteiger partial charge in [0, 0.05) is 24.7 Å². The van der Waals surface area contributed by atoms with Crippen LogP contribution < -0.4 is 15.0 Å². The van der Waals surface area contributed by atoms with Gasteiger partial charge < -0.3 is 14.4 Å². The van der Waals surface area contributed by atoms with E-state index in [-0.39, 0.29) is 11.6 Å². The second-order valence-corrected chi connectivity index (χ2v) is 6.71. The highest BCUT2D eigenvalue weighted by Crippen LogP contribution is 2.34. The summed E-state index contributed by atoms with van der Waals surface area (Å²) in [4.78, 5) is 26.9. The van der Waals surface area contributed by atoms with Crippen LogP contribution in [0.4, 0.5) is 4.39 Å². The lowest BCUT2D eigenvalue weighted by atomic mass is 10.1. The van der Waals surface area contributed by atoms with E-state index < -0.39 is 11.4 Å². The van der Waals surface area contributed by atoms with Crippen molar-refractivity contribution in [3.8, 4) is 17.2 Å². The first-order valence-corrected chi connectivity index (χ1v) is 9.60. The minimum atomic E-state index is -0.423. The zero-order valence-corrected chi connectivity index (χ0v) is 16.4. The average molecular weight is 409 g/mol. The van der Waals surface area contributed by atoms with Crippen LogP contribution in [-0.2, 0) is 6.54 Å². The number of fused-ring (bicyclic) bond motifs is 1. The van der Waals surface area contributed by atoms with Crippen molar-refractivity contribution in [3.63, 3.8) is 0 Å². The number of rotatable bonds is 5. The third kappa shape index (κ3) is 3.89. The van der Waals surface area contributed by atoms with Gasteiger partial charge in [-0.1, -0.05) is 12.1 Å². The summed E-state index contributed by atoms with van der Waals surface area (Å²) in [7, 11) is 0. The standard InChI is InChI=1S/C22H20FN3O4/c1-2-25(14-15-4-3-5-19-21(15)30-13-12-29-19)22(28)18-10-11-20(27)26(24-18)17-8-6-16(23)7-9-17/h3-11H,2,12-14H2,1H3. The first-order chi connectivity index (χ1) is 14.6. The Kier molecular flexibility index (Phi) is 5.47. The quantitative estimate of drug-likeness (QED) is 0.648. The van der Waals surface area contributed by atoms with Crippen LogP contribution in [0, 0.1) is 5.82 Å². The molecule has 1 aromatic heterocycles. The van der Waals surface area contributed by atoms with E-state index in [1.54, 1.807) is 4.90 Å². The monoisotopic (exact) mass is 409 g/mol. The van der Waals surface area contributed by atoms with E-state index in [1.165, 1.54) is 36.4 Å². The molecule has 1 amide bonds. The first-order valence-electron chi connectivity index (χ1n) is 9.60. The summed E-state index contributed by atoms with van der Waals surface area (Å²) in [6, 6.07) is 13.6. The minimum Gasteiger partial charge on any atom is -0.486 e. The number of aromatic nitrogens is 2. The second-order valence-electron chi connectivity index (χ2n) is 6.71. The zero-order chi connectivity index (χ0) is 21.1. The Balaban J connectivity index is 1.62. The summed E-state index contributed by atoms with van der Waals surface area (Å²) in [5.41, 5.74) is 0.905. The van der Waals surface area contributed by atoms with E-state index in [0.717, 1.165) is 10.2 Å². The van der Waals surface area contributed by atoms with Crippen molar-refractivity contribution in [3.05, 3.63) is 82.0 Å². The zero-order valence-electron chi connectivity index (χ0n) is 16.4. The van der Waals surface area contributed by atoms with Crippen LogP contribution in [0.3, 0.4) is 0 Å². The summed E-state index contributed by atoms with van der Waals surface area (Å²) in [5.74, 6) is 0.542. The fraction of sp³-hybridized carbons (Fsp3) is 0.227. The number of carbonyl (C=O) groups is 1. The van der Waals surface area contributed by atoms with Crippen molar-refractivity contribution in [1.82, 2.24) is 14.7 Å². The molecule has 4 rings (SSSR count). The van der Waals surface area contributed by atoms with Crippen molar-refractivity contribution in [2.75, 3.05) is 19.8 Å². The molecule has 0 saturated heterocycles. The molecule has 0 atom stereocenters. The van der Waals surface area contributed by atoms with Gasteiger partial charge >= 0.3 is 0 Å². The molecule has 1 aliphatic heterocycles. The van der Waals surface area contributed by atoms with Gasteiger partial charge in [0.05, 0.1) is 5.69 Å². The van der Waals surface area contributed by atoms with E-state index in [1.807, 2.05) is 25.1 Å². The van der Waals surface area contributed by atoms with Gasteiger partial charge in [0.25, 0.3) is 11.5 Å². The van der Waals surface area contributed by atoms with Crippen LogP contribution >= 0.6 is 0 Å². The highest BCUT2D eigenvalue weighted by Gasteiger charge is 2.22. The van der Waals surface area contributed by atoms with Gasteiger partial charge in [-0.25, -0.2) is 4.39 Å². The number of hydrogen-bond donors (Lipinski definition) is 0. The molecule has 30 heavy (non-hydrogen) atoms. The molecule has 0 unspecified atom stereocenters. The molecule has 3 aromatic rings. The minimum absolute atomic E-state index is 0.114. The maximum atomic E-state index is 13.2. The van der Waals surface area contributed by atoms with Crippen molar-refractivity contribution >= 4 is 5.91 Å². The number of hydrogen-bond acceptors (Lipinski definition) is 5. The molecule has 2 aromatic carbocycles. The number of ether oxygens (including phenoxy) is 2. The highest BCUT2D eigenvalue weighted by molar-refractivity contribution is 5.92. The van der Waals surface area contributed by atoms with E-state index in [2.05, 4.69) is 5.10 Å². The summed E-state index contributed by atoms with van der Waals surface area (Å²) >= 11 is 0. The lowest BCUT2D eigenvalue weighted by Crippen LogP contribution is -2.33. The topological polar surface area (TPSA) is 73.7 Å². The predicted octanol–water partition coefficient (Wildman–Crippen LogP) is 2.81. The maximum Gasteiger partial charge on any atom is 0.274 e. The van der Waals surface area contributed by atoms with Crippen LogP contribution in [-0.4, -0.2) is 40.3 Å². The summed E-state index contributed by atoms with van der Waals surface area (Å²) < 4.78 is 25.6. The molecule has 0 bridgehead atoms. The third-order valence-electron chi connectivity index (χ3n) is 4.77. The number of benzene rings is 2. The van der Waals surface area contributed by atoms with Crippen LogP contribution in [0.15, 0.2) is 59.4 Å². The van der Waals surface area contributed by atoms with Gasteiger partial charge in [0.2, 0.25) is 0 Å². The summed E-state index contributed by atoms with van der Waals surface area (Å²) in [6.07, 6.45) is 0. The molecular weight excluding hydrogens is 389 g/mol. The maximum absolute atomic E-state index is 13.2. The normalized spacial score (nSPS) is 12.5. The van der Waals surface area contributed by atoms with Gasteiger partial charge in [0.15, 0.2) is 11.5 Å². The molecule has 1 aliphatic rings. The molecule has 154 valence electrons. The fourth-order valence-electron chi connectivity index (χ4n) is 3.25. The lowest BCUT2D eigenvalue weighted by molar-refractivity contribution is 0.0741. The number of amides is 1. The van der Waals surface area contributed by atoms with Gasteiger partial charge in [0.1, 0.15) is 24.7 Å². The van der Waals surface area contributed by atoms with E-state index in [4.69, 9.17) is 9.47 Å². The molecule has 7 nitrogen and oxygen atoms in total. The van der Waals surface area contributed by atoms with E-state index >= 15 is 0 Å². The molecular formula is C22H20FN3O4. The first kappa shape index (κ1) is 19.6. The predicted molar refractivity (Wildman–Crippen MR) is 108 cm³/mol. The number of halogens is 1. The Labute approximate surface area is 172 Å². The summed E-state index contributed by atoms with van der Waals surface area (Å²) in [6.45, 7) is 3.54. The Morgan fingerprint density at radius 1 is 1.10 bits per heavy atom. The van der Waals surface area contributed by atoms with Gasteiger partial charge in [-0.2, -0.15) is 9.78 Å².